The standard InChI is InChI=1S/C18H18BrN3O3S2/c1-11(2)22(3)27(24,25)13-9-7-12(8-10-13)17(23)21-18-20-16-14(19)5-4-6-15(16)26-18/h4-11H,1-3H3,(H,20,21,23). The van der Waals surface area contributed by atoms with Crippen LogP contribution in [0, 0.1) is 0 Å². The molecule has 3 rings (SSSR count). The lowest BCUT2D eigenvalue weighted by Crippen LogP contribution is -2.33. The third kappa shape index (κ3) is 4.06. The van der Waals surface area contributed by atoms with Gasteiger partial charge in [0.2, 0.25) is 10.0 Å². The van der Waals surface area contributed by atoms with Crippen molar-refractivity contribution in [3.8, 4) is 0 Å². The molecule has 1 amide bonds. The molecule has 0 atom stereocenters. The number of para-hydroxylation sites is 1. The number of carbonyl (C=O) groups excluding carboxylic acids is 1. The summed E-state index contributed by atoms with van der Waals surface area (Å²) in [5.41, 5.74) is 1.15. The van der Waals surface area contributed by atoms with Gasteiger partial charge in [-0.2, -0.15) is 4.31 Å². The predicted octanol–water partition coefficient (Wildman–Crippen LogP) is 4.34. The fourth-order valence-corrected chi connectivity index (χ4v) is 5.20. The Morgan fingerprint density at radius 3 is 2.44 bits per heavy atom. The molecular weight excluding hydrogens is 450 g/mol. The Morgan fingerprint density at radius 2 is 1.85 bits per heavy atom. The molecule has 9 heteroatoms. The van der Waals surface area contributed by atoms with Crippen LogP contribution < -0.4 is 5.32 Å². The highest BCUT2D eigenvalue weighted by molar-refractivity contribution is 9.10. The first-order valence-electron chi connectivity index (χ1n) is 8.14. The summed E-state index contributed by atoms with van der Waals surface area (Å²) in [6.45, 7) is 3.60. The number of nitrogens with zero attached hydrogens (tertiary/aromatic N) is 2. The summed E-state index contributed by atoms with van der Waals surface area (Å²) in [5, 5.41) is 3.25. The van der Waals surface area contributed by atoms with E-state index >= 15 is 0 Å². The number of aromatic nitrogens is 1. The number of rotatable bonds is 5. The molecule has 0 unspecified atom stereocenters. The van der Waals surface area contributed by atoms with E-state index in [-0.39, 0.29) is 16.8 Å². The van der Waals surface area contributed by atoms with E-state index in [9.17, 15) is 13.2 Å². The topological polar surface area (TPSA) is 79.4 Å². The number of thiazole rings is 1. The minimum absolute atomic E-state index is 0.152. The highest BCUT2D eigenvalue weighted by atomic mass is 79.9. The van der Waals surface area contributed by atoms with Gasteiger partial charge in [-0.05, 0) is 66.2 Å². The van der Waals surface area contributed by atoms with Crippen molar-refractivity contribution in [2.24, 2.45) is 0 Å². The SMILES string of the molecule is CC(C)N(C)S(=O)(=O)c1ccc(C(=O)Nc2nc3c(Br)cccc3s2)cc1. The van der Waals surface area contributed by atoms with Gasteiger partial charge in [0.25, 0.3) is 5.91 Å². The van der Waals surface area contributed by atoms with Crippen molar-refractivity contribution in [3.63, 3.8) is 0 Å². The maximum absolute atomic E-state index is 12.5. The maximum Gasteiger partial charge on any atom is 0.257 e. The van der Waals surface area contributed by atoms with Crippen LogP contribution in [0.1, 0.15) is 24.2 Å². The number of amides is 1. The first-order valence-corrected chi connectivity index (χ1v) is 11.2. The fourth-order valence-electron chi connectivity index (χ4n) is 2.36. The van der Waals surface area contributed by atoms with Gasteiger partial charge in [-0.1, -0.05) is 17.4 Å². The number of halogens is 1. The molecule has 0 aliphatic heterocycles. The number of hydrogen-bond acceptors (Lipinski definition) is 5. The van der Waals surface area contributed by atoms with E-state index < -0.39 is 10.0 Å². The number of carbonyl (C=O) groups is 1. The Labute approximate surface area is 170 Å². The van der Waals surface area contributed by atoms with Gasteiger partial charge in [0.05, 0.1) is 15.1 Å². The predicted molar refractivity (Wildman–Crippen MR) is 112 cm³/mol. The highest BCUT2D eigenvalue weighted by Gasteiger charge is 2.23. The summed E-state index contributed by atoms with van der Waals surface area (Å²) in [6, 6.07) is 11.5. The zero-order valence-electron chi connectivity index (χ0n) is 14.9. The van der Waals surface area contributed by atoms with Gasteiger partial charge < -0.3 is 0 Å². The molecule has 0 saturated heterocycles. The van der Waals surface area contributed by atoms with Crippen molar-refractivity contribution in [1.29, 1.82) is 0 Å². The summed E-state index contributed by atoms with van der Waals surface area (Å²) in [4.78, 5) is 17.0. The number of hydrogen-bond donors (Lipinski definition) is 1. The number of fused-ring (bicyclic) bond motifs is 1. The molecule has 27 heavy (non-hydrogen) atoms. The number of nitrogens with one attached hydrogen (secondary N) is 1. The summed E-state index contributed by atoms with van der Waals surface area (Å²) < 4.78 is 28.1. The van der Waals surface area contributed by atoms with Crippen molar-refractivity contribution >= 4 is 58.5 Å². The second-order valence-corrected chi connectivity index (χ2v) is 10.1. The first kappa shape index (κ1) is 19.9. The van der Waals surface area contributed by atoms with Gasteiger partial charge in [0.15, 0.2) is 5.13 Å². The molecule has 3 aromatic rings. The molecule has 2 aromatic carbocycles. The zero-order chi connectivity index (χ0) is 19.8. The van der Waals surface area contributed by atoms with E-state index in [0.29, 0.717) is 10.7 Å². The highest BCUT2D eigenvalue weighted by Crippen LogP contribution is 2.31. The zero-order valence-corrected chi connectivity index (χ0v) is 18.2. The minimum Gasteiger partial charge on any atom is -0.298 e. The molecule has 0 bridgehead atoms. The molecule has 0 saturated carbocycles. The monoisotopic (exact) mass is 467 g/mol. The van der Waals surface area contributed by atoms with Crippen LogP contribution in [0.25, 0.3) is 10.2 Å². The van der Waals surface area contributed by atoms with Crippen molar-refractivity contribution in [1.82, 2.24) is 9.29 Å². The number of benzene rings is 2. The van der Waals surface area contributed by atoms with Crippen LogP contribution in [0.2, 0.25) is 0 Å². The van der Waals surface area contributed by atoms with Crippen molar-refractivity contribution in [2.75, 3.05) is 12.4 Å². The van der Waals surface area contributed by atoms with E-state index in [0.717, 1.165) is 14.7 Å². The Balaban J connectivity index is 1.80. The Bertz CT molecular complexity index is 1090. The largest absolute Gasteiger partial charge is 0.298 e. The van der Waals surface area contributed by atoms with Crippen LogP contribution in [-0.4, -0.2) is 36.7 Å². The van der Waals surface area contributed by atoms with Crippen LogP contribution >= 0.6 is 27.3 Å². The van der Waals surface area contributed by atoms with Crippen LogP contribution in [0.3, 0.4) is 0 Å². The van der Waals surface area contributed by atoms with Crippen LogP contribution in [-0.2, 0) is 10.0 Å². The molecule has 1 N–H and O–H groups in total. The lowest BCUT2D eigenvalue weighted by Gasteiger charge is -2.20. The maximum atomic E-state index is 12.5. The third-order valence-corrected chi connectivity index (χ3v) is 7.73. The third-order valence-electron chi connectivity index (χ3n) is 4.11. The Morgan fingerprint density at radius 1 is 1.19 bits per heavy atom. The second-order valence-electron chi connectivity index (χ2n) is 6.20. The van der Waals surface area contributed by atoms with E-state index in [2.05, 4.69) is 26.2 Å². The summed E-state index contributed by atoms with van der Waals surface area (Å²) >= 11 is 4.81. The molecular formula is C18H18BrN3O3S2. The van der Waals surface area contributed by atoms with E-state index in [4.69, 9.17) is 0 Å². The average Bonchev–Trinajstić information content (AvgIpc) is 3.05. The molecule has 1 heterocycles. The van der Waals surface area contributed by atoms with Crippen molar-refractivity contribution in [2.45, 2.75) is 24.8 Å². The molecule has 142 valence electrons. The summed E-state index contributed by atoms with van der Waals surface area (Å²) in [5.74, 6) is -0.341. The van der Waals surface area contributed by atoms with Gasteiger partial charge in [0.1, 0.15) is 0 Å². The first-order chi connectivity index (χ1) is 12.7. The molecule has 0 radical (unpaired) electrons. The van der Waals surface area contributed by atoms with E-state index in [1.165, 1.54) is 47.0 Å². The van der Waals surface area contributed by atoms with E-state index in [1.807, 2.05) is 18.2 Å². The average molecular weight is 468 g/mol. The Kier molecular flexibility index (Phi) is 5.66. The lowest BCUT2D eigenvalue weighted by molar-refractivity contribution is 0.102. The lowest BCUT2D eigenvalue weighted by atomic mass is 10.2. The minimum atomic E-state index is -3.58. The molecule has 0 aliphatic rings. The summed E-state index contributed by atoms with van der Waals surface area (Å²) in [7, 11) is -2.04. The van der Waals surface area contributed by atoms with Gasteiger partial charge >= 0.3 is 0 Å². The fraction of sp³-hybridized carbons (Fsp3) is 0.222. The molecule has 6 nitrogen and oxygen atoms in total. The molecule has 1 aromatic heterocycles. The summed E-state index contributed by atoms with van der Waals surface area (Å²) in [6.07, 6.45) is 0. The van der Waals surface area contributed by atoms with Crippen LogP contribution in [0.4, 0.5) is 5.13 Å². The molecule has 0 fully saturated rings. The van der Waals surface area contributed by atoms with Gasteiger partial charge in [-0.15, -0.1) is 0 Å². The van der Waals surface area contributed by atoms with Crippen molar-refractivity contribution < 1.29 is 13.2 Å². The smallest absolute Gasteiger partial charge is 0.257 e. The molecule has 0 aliphatic carbocycles. The van der Waals surface area contributed by atoms with Gasteiger partial charge in [-0.25, -0.2) is 13.4 Å². The quantitative estimate of drug-likeness (QED) is 0.604. The number of sulfonamides is 1. The van der Waals surface area contributed by atoms with E-state index in [1.54, 1.807) is 13.8 Å². The van der Waals surface area contributed by atoms with Crippen LogP contribution in [0.5, 0.6) is 0 Å². The van der Waals surface area contributed by atoms with Crippen molar-refractivity contribution in [3.05, 3.63) is 52.5 Å². The number of anilines is 1. The second kappa shape index (κ2) is 7.67. The van der Waals surface area contributed by atoms with Gasteiger partial charge in [0, 0.05) is 23.1 Å². The Hall–Kier alpha value is -1.81. The molecule has 0 spiro atoms. The van der Waals surface area contributed by atoms with Gasteiger partial charge in [-0.3, -0.25) is 10.1 Å². The van der Waals surface area contributed by atoms with Crippen LogP contribution in [0.15, 0.2) is 51.8 Å². The normalized spacial score (nSPS) is 12.1.